The minimum Gasteiger partial charge on any atom is -0.486 e. The highest BCUT2D eigenvalue weighted by Crippen LogP contribution is 2.35. The Morgan fingerprint density at radius 3 is 2.64 bits per heavy atom. The Morgan fingerprint density at radius 2 is 2.00 bits per heavy atom. The van der Waals surface area contributed by atoms with Crippen LogP contribution in [0.3, 0.4) is 0 Å². The van der Waals surface area contributed by atoms with Gasteiger partial charge < -0.3 is 9.47 Å². The number of benzene rings is 2. The largest absolute Gasteiger partial charge is 0.486 e. The minimum atomic E-state index is -0.430. The topological polar surface area (TPSA) is 35.5 Å². The van der Waals surface area contributed by atoms with Gasteiger partial charge in [0.2, 0.25) is 0 Å². The van der Waals surface area contributed by atoms with Crippen molar-refractivity contribution < 1.29 is 18.7 Å². The molecule has 2 rings (SSSR count). The van der Waals surface area contributed by atoms with Crippen molar-refractivity contribution in [3.63, 3.8) is 0 Å². The van der Waals surface area contributed by atoms with Crippen molar-refractivity contribution >= 4 is 51.2 Å². The van der Waals surface area contributed by atoms with Crippen molar-refractivity contribution in [1.29, 1.82) is 0 Å². The molecule has 0 atom stereocenters. The molecule has 0 saturated heterocycles. The highest BCUT2D eigenvalue weighted by atomic mass is 79.9. The fourth-order valence-corrected chi connectivity index (χ4v) is 3.17. The highest BCUT2D eigenvalue weighted by Gasteiger charge is 2.11. The van der Waals surface area contributed by atoms with Crippen LogP contribution < -0.4 is 4.74 Å². The number of rotatable bonds is 6. The van der Waals surface area contributed by atoms with Crippen molar-refractivity contribution in [3.8, 4) is 5.75 Å². The van der Waals surface area contributed by atoms with Crippen LogP contribution in [0.5, 0.6) is 5.75 Å². The zero-order valence-electron chi connectivity index (χ0n) is 13.2. The van der Waals surface area contributed by atoms with Gasteiger partial charge in [0.1, 0.15) is 12.4 Å². The van der Waals surface area contributed by atoms with Crippen molar-refractivity contribution in [1.82, 2.24) is 0 Å². The quantitative estimate of drug-likeness (QED) is 0.399. The summed E-state index contributed by atoms with van der Waals surface area (Å²) in [6.45, 7) is 2.18. The van der Waals surface area contributed by atoms with Crippen LogP contribution in [0.15, 0.2) is 40.9 Å². The number of carbonyl (C=O) groups excluding carboxylic acids is 1. The second-order valence-electron chi connectivity index (χ2n) is 4.92. The van der Waals surface area contributed by atoms with Crippen molar-refractivity contribution in [2.24, 2.45) is 0 Å². The van der Waals surface area contributed by atoms with Crippen molar-refractivity contribution in [2.75, 3.05) is 6.61 Å². The molecule has 0 aliphatic rings. The lowest BCUT2D eigenvalue weighted by Crippen LogP contribution is -1.99. The van der Waals surface area contributed by atoms with E-state index in [1.54, 1.807) is 31.2 Å². The number of esters is 1. The number of carbonyl (C=O) groups is 1. The van der Waals surface area contributed by atoms with Crippen molar-refractivity contribution in [2.45, 2.75) is 13.5 Å². The Morgan fingerprint density at radius 1 is 1.24 bits per heavy atom. The summed E-state index contributed by atoms with van der Waals surface area (Å²) >= 11 is 15.6. The SMILES string of the molecule is CCOC(=O)/C=C/c1cc(Cl)c(OCc2ccc(F)cc2Cl)c(Br)c1. The Kier molecular flexibility index (Phi) is 7.29. The summed E-state index contributed by atoms with van der Waals surface area (Å²) in [5.74, 6) is -0.415. The molecule has 132 valence electrons. The van der Waals surface area contributed by atoms with Crippen LogP contribution in [0.25, 0.3) is 6.08 Å². The third kappa shape index (κ3) is 5.73. The van der Waals surface area contributed by atoms with Gasteiger partial charge in [-0.05, 0) is 58.8 Å². The van der Waals surface area contributed by atoms with Crippen molar-refractivity contribution in [3.05, 3.63) is 67.9 Å². The summed E-state index contributed by atoms with van der Waals surface area (Å²) in [6, 6.07) is 7.49. The fraction of sp³-hybridized carbons (Fsp3) is 0.167. The van der Waals surface area contributed by atoms with E-state index in [0.29, 0.717) is 33.0 Å². The maximum atomic E-state index is 13.1. The molecular formula is C18H14BrCl2FO3. The standard InChI is InChI=1S/C18H14BrCl2FO3/c1-2-24-17(23)6-3-11-7-14(19)18(16(21)8-11)25-10-12-4-5-13(22)9-15(12)20/h3-9H,2,10H2,1H3/b6-3+. The lowest BCUT2D eigenvalue weighted by atomic mass is 10.2. The fourth-order valence-electron chi connectivity index (χ4n) is 1.96. The van der Waals surface area contributed by atoms with Crippen LogP contribution in [0.4, 0.5) is 4.39 Å². The van der Waals surface area contributed by atoms with Crippen LogP contribution in [0.1, 0.15) is 18.1 Å². The summed E-state index contributed by atoms with van der Waals surface area (Å²) < 4.78 is 24.2. The molecule has 0 unspecified atom stereocenters. The van der Waals surface area contributed by atoms with Gasteiger partial charge in [-0.25, -0.2) is 9.18 Å². The van der Waals surface area contributed by atoms with E-state index in [4.69, 9.17) is 32.7 Å². The average Bonchev–Trinajstić information content (AvgIpc) is 2.54. The van der Waals surface area contributed by atoms with Gasteiger partial charge in [-0.1, -0.05) is 29.3 Å². The third-order valence-electron chi connectivity index (χ3n) is 3.11. The van der Waals surface area contributed by atoms with Gasteiger partial charge in [-0.3, -0.25) is 0 Å². The first-order chi connectivity index (χ1) is 11.9. The second-order valence-corrected chi connectivity index (χ2v) is 6.59. The molecule has 25 heavy (non-hydrogen) atoms. The summed E-state index contributed by atoms with van der Waals surface area (Å²) in [6.07, 6.45) is 2.91. The van der Waals surface area contributed by atoms with E-state index in [1.165, 1.54) is 18.2 Å². The molecule has 0 amide bonds. The molecule has 0 aromatic heterocycles. The smallest absolute Gasteiger partial charge is 0.330 e. The molecule has 0 bridgehead atoms. The first kappa shape index (κ1) is 19.8. The summed E-state index contributed by atoms with van der Waals surface area (Å²) in [5, 5.41) is 0.636. The van der Waals surface area contributed by atoms with Crippen LogP contribution >= 0.6 is 39.1 Å². The molecule has 3 nitrogen and oxygen atoms in total. The van der Waals surface area contributed by atoms with Gasteiger partial charge in [0, 0.05) is 11.6 Å². The first-order valence-corrected chi connectivity index (χ1v) is 8.86. The average molecular weight is 448 g/mol. The summed E-state index contributed by atoms with van der Waals surface area (Å²) in [4.78, 5) is 11.4. The molecule has 0 spiro atoms. The van der Waals surface area contributed by atoms with Gasteiger partial charge in [-0.2, -0.15) is 0 Å². The van der Waals surface area contributed by atoms with E-state index in [1.807, 2.05) is 0 Å². The Hall–Kier alpha value is -1.56. The van der Waals surface area contributed by atoms with E-state index < -0.39 is 11.8 Å². The monoisotopic (exact) mass is 446 g/mol. The molecule has 0 heterocycles. The lowest BCUT2D eigenvalue weighted by molar-refractivity contribution is -0.137. The summed E-state index contributed by atoms with van der Waals surface area (Å²) in [7, 11) is 0. The molecule has 2 aromatic rings. The predicted octanol–water partition coefficient (Wildman–Crippen LogP) is 6.05. The van der Waals surface area contributed by atoms with Crippen LogP contribution in [-0.4, -0.2) is 12.6 Å². The Bertz CT molecular complexity index is 786. The van der Waals surface area contributed by atoms with E-state index in [2.05, 4.69) is 15.9 Å². The van der Waals surface area contributed by atoms with Gasteiger partial charge in [0.05, 0.1) is 21.1 Å². The van der Waals surface area contributed by atoms with Crippen LogP contribution in [0.2, 0.25) is 10.0 Å². The Balaban J connectivity index is 2.13. The molecule has 2 aromatic carbocycles. The zero-order valence-corrected chi connectivity index (χ0v) is 16.3. The molecule has 0 saturated carbocycles. The molecular weight excluding hydrogens is 434 g/mol. The molecule has 0 radical (unpaired) electrons. The maximum absolute atomic E-state index is 13.1. The maximum Gasteiger partial charge on any atom is 0.330 e. The molecule has 0 aliphatic carbocycles. The third-order valence-corrected chi connectivity index (χ3v) is 4.33. The van der Waals surface area contributed by atoms with E-state index >= 15 is 0 Å². The first-order valence-electron chi connectivity index (χ1n) is 7.31. The normalized spacial score (nSPS) is 10.9. The van der Waals surface area contributed by atoms with Gasteiger partial charge in [0.25, 0.3) is 0 Å². The highest BCUT2D eigenvalue weighted by molar-refractivity contribution is 9.10. The number of hydrogen-bond acceptors (Lipinski definition) is 3. The van der Waals surface area contributed by atoms with Gasteiger partial charge in [0.15, 0.2) is 5.75 Å². The number of halogens is 4. The second kappa shape index (κ2) is 9.22. The lowest BCUT2D eigenvalue weighted by Gasteiger charge is -2.12. The zero-order chi connectivity index (χ0) is 18.4. The predicted molar refractivity (Wildman–Crippen MR) is 101 cm³/mol. The number of ether oxygens (including phenoxy) is 2. The van der Waals surface area contributed by atoms with E-state index in [-0.39, 0.29) is 11.6 Å². The summed E-state index contributed by atoms with van der Waals surface area (Å²) in [5.41, 5.74) is 1.34. The number of hydrogen-bond donors (Lipinski definition) is 0. The minimum absolute atomic E-state index is 0.134. The van der Waals surface area contributed by atoms with E-state index in [0.717, 1.165) is 0 Å². The van der Waals surface area contributed by atoms with Crippen LogP contribution in [-0.2, 0) is 16.1 Å². The molecule has 0 aliphatic heterocycles. The van der Waals surface area contributed by atoms with Gasteiger partial charge in [-0.15, -0.1) is 0 Å². The van der Waals surface area contributed by atoms with Crippen LogP contribution in [0, 0.1) is 5.82 Å². The molecule has 0 fully saturated rings. The molecule has 0 N–H and O–H groups in total. The van der Waals surface area contributed by atoms with Gasteiger partial charge >= 0.3 is 5.97 Å². The molecule has 7 heteroatoms. The Labute approximate surface area is 163 Å². The van der Waals surface area contributed by atoms with E-state index in [9.17, 15) is 9.18 Å².